The number of nitro benzene ring substituents is 1. The van der Waals surface area contributed by atoms with Gasteiger partial charge in [0.25, 0.3) is 5.69 Å². The van der Waals surface area contributed by atoms with Crippen LogP contribution in [-0.2, 0) is 27.0 Å². The Balaban J connectivity index is 1.24. The average Bonchev–Trinajstić information content (AvgIpc) is 2.78. The summed E-state index contributed by atoms with van der Waals surface area (Å²) in [5, 5.41) is 22.2. The van der Waals surface area contributed by atoms with Crippen LogP contribution in [0.3, 0.4) is 0 Å². The van der Waals surface area contributed by atoms with Gasteiger partial charge in [-0.1, -0.05) is 12.1 Å². The number of alkyl halides is 3. The fourth-order valence-electron chi connectivity index (χ4n) is 4.70. The molecular weight excluding hydrogens is 472 g/mol. The number of piperidine rings is 1. The number of ether oxygens (including phenoxy) is 2. The van der Waals surface area contributed by atoms with Gasteiger partial charge in [0.05, 0.1) is 27.7 Å². The summed E-state index contributed by atoms with van der Waals surface area (Å²) in [5.74, 6) is -2.05. The van der Waals surface area contributed by atoms with Crippen LogP contribution in [0.5, 0.6) is 0 Å². The molecule has 0 amide bonds. The highest BCUT2D eigenvalue weighted by molar-refractivity contribution is 5.43. The lowest BCUT2D eigenvalue weighted by Crippen LogP contribution is -2.49. The standard InChI is InChI=1S/C24H26F4N2O5/c1-22(19-8-7-18(25)15-20(19)30(32)33)34-21(35-22)6-3-11-29-12-9-23(31,10-13-29)16-4-2-5-17(14-16)24(26,27)28/h2,4-5,7-8,14-15,21,31H,3,6,9-13H2,1H3. The number of hydrogen-bond acceptors (Lipinski definition) is 6. The van der Waals surface area contributed by atoms with Gasteiger partial charge in [0.2, 0.25) is 5.79 Å². The lowest BCUT2D eigenvalue weighted by atomic mass is 9.83. The summed E-state index contributed by atoms with van der Waals surface area (Å²) < 4.78 is 64.0. The SMILES string of the molecule is CC1(c2ccc(F)cc2[N+](=O)[O-])OC(CCCN2CCC(O)(c3cccc(C(F)(F)F)c3)CC2)O1. The Kier molecular flexibility index (Phi) is 6.89. The molecule has 4 rings (SSSR count). The molecule has 0 aromatic heterocycles. The number of nitro groups is 1. The molecule has 35 heavy (non-hydrogen) atoms. The Hall–Kier alpha value is -2.60. The monoisotopic (exact) mass is 498 g/mol. The Labute approximate surface area is 199 Å². The molecule has 0 aliphatic carbocycles. The zero-order valence-corrected chi connectivity index (χ0v) is 19.1. The fraction of sp³-hybridized carbons (Fsp3) is 0.500. The number of nitrogens with zero attached hydrogens (tertiary/aromatic N) is 2. The van der Waals surface area contributed by atoms with Gasteiger partial charge in [0.1, 0.15) is 5.82 Å². The third-order valence-corrected chi connectivity index (χ3v) is 6.68. The van der Waals surface area contributed by atoms with E-state index in [0.717, 1.165) is 24.3 Å². The Bertz CT molecular complexity index is 1080. The molecule has 2 aliphatic heterocycles. The van der Waals surface area contributed by atoms with Crippen LogP contribution in [0.2, 0.25) is 0 Å². The number of rotatable bonds is 7. The summed E-state index contributed by atoms with van der Waals surface area (Å²) in [6.07, 6.45) is -3.17. The van der Waals surface area contributed by atoms with Crippen LogP contribution in [0, 0.1) is 15.9 Å². The largest absolute Gasteiger partial charge is 0.416 e. The third kappa shape index (κ3) is 5.48. The van der Waals surface area contributed by atoms with E-state index in [0.29, 0.717) is 45.3 Å². The Morgan fingerprint density at radius 2 is 1.86 bits per heavy atom. The van der Waals surface area contributed by atoms with Crippen LogP contribution in [0.15, 0.2) is 42.5 Å². The maximum Gasteiger partial charge on any atom is 0.416 e. The van der Waals surface area contributed by atoms with Crippen LogP contribution in [0.25, 0.3) is 0 Å². The molecule has 0 atom stereocenters. The van der Waals surface area contributed by atoms with Crippen LogP contribution >= 0.6 is 0 Å². The molecule has 11 heteroatoms. The second-order valence-electron chi connectivity index (χ2n) is 9.12. The van der Waals surface area contributed by atoms with Crippen molar-refractivity contribution in [1.82, 2.24) is 4.90 Å². The van der Waals surface area contributed by atoms with Crippen molar-refractivity contribution >= 4 is 5.69 Å². The number of benzene rings is 2. The first kappa shape index (κ1) is 25.5. The van der Waals surface area contributed by atoms with Crippen molar-refractivity contribution < 1.29 is 37.1 Å². The van der Waals surface area contributed by atoms with Crippen molar-refractivity contribution in [3.05, 3.63) is 75.1 Å². The molecule has 2 aliphatic rings. The molecule has 1 N–H and O–H groups in total. The van der Waals surface area contributed by atoms with E-state index in [9.17, 15) is 32.8 Å². The minimum absolute atomic E-state index is 0.144. The molecule has 0 unspecified atom stereocenters. The predicted octanol–water partition coefficient (Wildman–Crippen LogP) is 5.06. The van der Waals surface area contributed by atoms with E-state index in [-0.39, 0.29) is 11.1 Å². The number of likely N-dealkylation sites (tertiary alicyclic amines) is 1. The number of hydrogen-bond donors (Lipinski definition) is 1. The number of aliphatic hydroxyl groups is 1. The van der Waals surface area contributed by atoms with Crippen molar-refractivity contribution in [2.75, 3.05) is 19.6 Å². The van der Waals surface area contributed by atoms with Crippen molar-refractivity contribution in [2.24, 2.45) is 0 Å². The first-order valence-corrected chi connectivity index (χ1v) is 11.3. The van der Waals surface area contributed by atoms with E-state index in [2.05, 4.69) is 4.90 Å². The quantitative estimate of drug-likeness (QED) is 0.326. The van der Waals surface area contributed by atoms with Gasteiger partial charge >= 0.3 is 6.18 Å². The summed E-state index contributed by atoms with van der Waals surface area (Å²) in [4.78, 5) is 12.7. The van der Waals surface area contributed by atoms with Gasteiger partial charge in [-0.3, -0.25) is 10.1 Å². The van der Waals surface area contributed by atoms with Gasteiger partial charge in [0.15, 0.2) is 6.29 Å². The highest BCUT2D eigenvalue weighted by Gasteiger charge is 2.47. The van der Waals surface area contributed by atoms with Gasteiger partial charge in [-0.05, 0) is 69.0 Å². The summed E-state index contributed by atoms with van der Waals surface area (Å²) in [6, 6.07) is 8.08. The summed E-state index contributed by atoms with van der Waals surface area (Å²) in [5.41, 5.74) is -2.07. The van der Waals surface area contributed by atoms with Crippen molar-refractivity contribution in [3.63, 3.8) is 0 Å². The third-order valence-electron chi connectivity index (χ3n) is 6.68. The lowest BCUT2D eigenvalue weighted by Gasteiger charge is -2.45. The highest BCUT2D eigenvalue weighted by atomic mass is 19.4. The van der Waals surface area contributed by atoms with E-state index in [4.69, 9.17) is 9.47 Å². The topological polar surface area (TPSA) is 85.1 Å². The molecule has 2 aromatic rings. The van der Waals surface area contributed by atoms with Crippen LogP contribution in [0.4, 0.5) is 23.2 Å². The Morgan fingerprint density at radius 1 is 1.17 bits per heavy atom. The second-order valence-corrected chi connectivity index (χ2v) is 9.12. The van der Waals surface area contributed by atoms with Gasteiger partial charge in [-0.15, -0.1) is 0 Å². The van der Waals surface area contributed by atoms with E-state index in [1.54, 1.807) is 6.92 Å². The zero-order valence-electron chi connectivity index (χ0n) is 19.1. The number of halogens is 4. The molecule has 0 bridgehead atoms. The fourth-order valence-corrected chi connectivity index (χ4v) is 4.70. The smallest absolute Gasteiger partial charge is 0.385 e. The minimum atomic E-state index is -4.46. The summed E-state index contributed by atoms with van der Waals surface area (Å²) in [7, 11) is 0. The zero-order chi connectivity index (χ0) is 25.4. The van der Waals surface area contributed by atoms with Crippen molar-refractivity contribution in [2.45, 2.75) is 56.5 Å². The van der Waals surface area contributed by atoms with Crippen LogP contribution < -0.4 is 0 Å². The molecule has 0 saturated carbocycles. The molecule has 0 spiro atoms. The molecule has 2 aromatic carbocycles. The van der Waals surface area contributed by atoms with Crippen LogP contribution in [-0.4, -0.2) is 40.9 Å². The maximum atomic E-state index is 13.4. The normalized spacial score (nSPS) is 24.7. The molecule has 2 saturated heterocycles. The second kappa shape index (κ2) is 9.45. The van der Waals surface area contributed by atoms with E-state index >= 15 is 0 Å². The van der Waals surface area contributed by atoms with Crippen molar-refractivity contribution in [1.29, 1.82) is 0 Å². The van der Waals surface area contributed by atoms with E-state index in [1.807, 2.05) is 0 Å². The average molecular weight is 498 g/mol. The molecule has 7 nitrogen and oxygen atoms in total. The van der Waals surface area contributed by atoms with Gasteiger partial charge in [-0.2, -0.15) is 13.2 Å². The molecule has 0 radical (unpaired) electrons. The summed E-state index contributed by atoms with van der Waals surface area (Å²) >= 11 is 0. The Morgan fingerprint density at radius 3 is 2.49 bits per heavy atom. The highest BCUT2D eigenvalue weighted by Crippen LogP contribution is 2.44. The van der Waals surface area contributed by atoms with Gasteiger partial charge in [0, 0.05) is 13.1 Å². The first-order valence-electron chi connectivity index (χ1n) is 11.3. The molecular formula is C24H26F4N2O5. The van der Waals surface area contributed by atoms with E-state index < -0.39 is 45.8 Å². The predicted molar refractivity (Wildman–Crippen MR) is 117 cm³/mol. The lowest BCUT2D eigenvalue weighted by molar-refractivity contribution is -0.461. The molecule has 2 heterocycles. The van der Waals surface area contributed by atoms with Crippen molar-refractivity contribution in [3.8, 4) is 0 Å². The molecule has 190 valence electrons. The molecule has 2 fully saturated rings. The van der Waals surface area contributed by atoms with Crippen LogP contribution in [0.1, 0.15) is 49.3 Å². The van der Waals surface area contributed by atoms with Gasteiger partial charge in [-0.25, -0.2) is 4.39 Å². The van der Waals surface area contributed by atoms with Gasteiger partial charge < -0.3 is 19.5 Å². The summed E-state index contributed by atoms with van der Waals surface area (Å²) in [6.45, 7) is 3.27. The minimum Gasteiger partial charge on any atom is -0.385 e. The first-order chi connectivity index (χ1) is 16.4. The van der Waals surface area contributed by atoms with E-state index in [1.165, 1.54) is 18.2 Å². The maximum absolute atomic E-state index is 13.4.